The molecule has 0 aliphatic rings. The van der Waals surface area contributed by atoms with Crippen LogP contribution in [0.25, 0.3) is 11.0 Å². The van der Waals surface area contributed by atoms with Crippen molar-refractivity contribution in [2.24, 2.45) is 0 Å². The van der Waals surface area contributed by atoms with Gasteiger partial charge in [-0.1, -0.05) is 18.2 Å². The van der Waals surface area contributed by atoms with Crippen LogP contribution in [0.15, 0.2) is 46.9 Å². The van der Waals surface area contributed by atoms with Crippen molar-refractivity contribution in [2.45, 2.75) is 26.6 Å². The molecule has 3 aromatic rings. The van der Waals surface area contributed by atoms with E-state index >= 15 is 0 Å². The SMILES string of the molecule is COc1cc([N+](=O)[O-])ccc1NC(=O)COC(=O)c1oc2ccccc2c1COC(C)C. The van der Waals surface area contributed by atoms with E-state index in [1.165, 1.54) is 25.3 Å². The number of carbonyl (C=O) groups is 2. The van der Waals surface area contributed by atoms with Gasteiger partial charge in [-0.15, -0.1) is 0 Å². The number of para-hydroxylation sites is 1. The summed E-state index contributed by atoms with van der Waals surface area (Å²) in [5, 5.41) is 14.1. The third-order valence-corrected chi connectivity index (χ3v) is 4.45. The molecular formula is C22H22N2O8. The lowest BCUT2D eigenvalue weighted by Gasteiger charge is -2.10. The number of methoxy groups -OCH3 is 1. The number of nitrogens with zero attached hydrogens (tertiary/aromatic N) is 1. The van der Waals surface area contributed by atoms with Gasteiger partial charge in [0.05, 0.1) is 36.5 Å². The molecule has 168 valence electrons. The van der Waals surface area contributed by atoms with Crippen LogP contribution < -0.4 is 10.1 Å². The van der Waals surface area contributed by atoms with Crippen LogP contribution in [-0.2, 0) is 20.9 Å². The lowest BCUT2D eigenvalue weighted by atomic mass is 10.1. The summed E-state index contributed by atoms with van der Waals surface area (Å²) in [6, 6.07) is 10.9. The Morgan fingerprint density at radius 2 is 1.94 bits per heavy atom. The van der Waals surface area contributed by atoms with Crippen LogP contribution in [0, 0.1) is 10.1 Å². The Kier molecular flexibility index (Phi) is 7.06. The van der Waals surface area contributed by atoms with Crippen LogP contribution in [0.1, 0.15) is 30.0 Å². The molecule has 0 bridgehead atoms. The first-order chi connectivity index (χ1) is 15.3. The molecule has 0 radical (unpaired) electrons. The third-order valence-electron chi connectivity index (χ3n) is 4.45. The van der Waals surface area contributed by atoms with Gasteiger partial charge in [-0.2, -0.15) is 0 Å². The van der Waals surface area contributed by atoms with E-state index in [4.69, 9.17) is 18.6 Å². The zero-order chi connectivity index (χ0) is 23.3. The number of nitrogens with one attached hydrogen (secondary N) is 1. The number of nitro benzene ring substituents is 1. The van der Waals surface area contributed by atoms with Crippen molar-refractivity contribution < 1.29 is 33.1 Å². The molecule has 32 heavy (non-hydrogen) atoms. The number of non-ortho nitro benzene ring substituents is 1. The fourth-order valence-corrected chi connectivity index (χ4v) is 2.94. The van der Waals surface area contributed by atoms with Gasteiger partial charge in [-0.25, -0.2) is 4.79 Å². The smallest absolute Gasteiger partial charge is 0.375 e. The van der Waals surface area contributed by atoms with E-state index in [1.807, 2.05) is 26.0 Å². The largest absolute Gasteiger partial charge is 0.494 e. The van der Waals surface area contributed by atoms with Crippen LogP contribution in [0.4, 0.5) is 11.4 Å². The van der Waals surface area contributed by atoms with Gasteiger partial charge in [0.2, 0.25) is 5.76 Å². The topological polar surface area (TPSA) is 130 Å². The van der Waals surface area contributed by atoms with Gasteiger partial charge < -0.3 is 23.9 Å². The van der Waals surface area contributed by atoms with Crippen molar-refractivity contribution in [1.29, 1.82) is 0 Å². The lowest BCUT2D eigenvalue weighted by Crippen LogP contribution is -2.21. The summed E-state index contributed by atoms with van der Waals surface area (Å²) in [6.07, 6.45) is -0.0602. The third kappa shape index (κ3) is 5.22. The Hall–Kier alpha value is -3.92. The molecule has 10 heteroatoms. The second kappa shape index (κ2) is 9.92. The first-order valence-electron chi connectivity index (χ1n) is 9.71. The zero-order valence-electron chi connectivity index (χ0n) is 17.7. The van der Waals surface area contributed by atoms with Crippen LogP contribution in [0.2, 0.25) is 0 Å². The molecule has 0 saturated heterocycles. The molecule has 1 heterocycles. The van der Waals surface area contributed by atoms with Crippen LogP contribution in [-0.4, -0.2) is 36.6 Å². The van der Waals surface area contributed by atoms with Gasteiger partial charge in [0, 0.05) is 17.0 Å². The van der Waals surface area contributed by atoms with Crippen LogP contribution in [0.5, 0.6) is 5.75 Å². The summed E-state index contributed by atoms with van der Waals surface area (Å²) in [7, 11) is 1.32. The molecule has 0 saturated carbocycles. The average Bonchev–Trinajstić information content (AvgIpc) is 3.14. The van der Waals surface area contributed by atoms with Gasteiger partial charge in [-0.3, -0.25) is 14.9 Å². The molecule has 0 aliphatic carbocycles. The molecule has 0 unspecified atom stereocenters. The van der Waals surface area contributed by atoms with E-state index < -0.39 is 23.4 Å². The highest BCUT2D eigenvalue weighted by atomic mass is 16.6. The Labute approximate surface area is 183 Å². The summed E-state index contributed by atoms with van der Waals surface area (Å²) in [5.74, 6) is -1.40. The highest BCUT2D eigenvalue weighted by molar-refractivity contribution is 5.98. The highest BCUT2D eigenvalue weighted by Crippen LogP contribution is 2.29. The fourth-order valence-electron chi connectivity index (χ4n) is 2.94. The van der Waals surface area contributed by atoms with E-state index in [0.717, 1.165) is 5.39 Å². The molecule has 1 aromatic heterocycles. The van der Waals surface area contributed by atoms with Crippen LogP contribution in [0.3, 0.4) is 0 Å². The minimum Gasteiger partial charge on any atom is -0.494 e. The number of anilines is 1. The fraction of sp³-hybridized carbons (Fsp3) is 0.273. The molecule has 0 aliphatic heterocycles. The second-order valence-electron chi connectivity index (χ2n) is 7.03. The van der Waals surface area contributed by atoms with Crippen molar-refractivity contribution in [3.8, 4) is 5.75 Å². The number of furan rings is 1. The summed E-state index contributed by atoms with van der Waals surface area (Å²) in [5.41, 5.74) is 1.06. The average molecular weight is 442 g/mol. The molecule has 10 nitrogen and oxygen atoms in total. The van der Waals surface area contributed by atoms with E-state index in [0.29, 0.717) is 11.1 Å². The number of fused-ring (bicyclic) bond motifs is 1. The molecule has 0 fully saturated rings. The summed E-state index contributed by atoms with van der Waals surface area (Å²) < 4.78 is 21.5. The van der Waals surface area contributed by atoms with Crippen molar-refractivity contribution in [2.75, 3.05) is 19.0 Å². The van der Waals surface area contributed by atoms with Crippen LogP contribution >= 0.6 is 0 Å². The number of benzene rings is 2. The van der Waals surface area contributed by atoms with Gasteiger partial charge in [0.1, 0.15) is 11.3 Å². The molecule has 0 spiro atoms. The Morgan fingerprint density at radius 3 is 2.62 bits per heavy atom. The minimum absolute atomic E-state index is 0.0347. The monoisotopic (exact) mass is 442 g/mol. The number of rotatable bonds is 9. The number of hydrogen-bond acceptors (Lipinski definition) is 8. The van der Waals surface area contributed by atoms with Gasteiger partial charge in [0.25, 0.3) is 11.6 Å². The molecule has 0 atom stereocenters. The van der Waals surface area contributed by atoms with Gasteiger partial charge in [0.15, 0.2) is 6.61 Å². The minimum atomic E-state index is -0.811. The van der Waals surface area contributed by atoms with Crippen molar-refractivity contribution in [1.82, 2.24) is 0 Å². The first kappa shape index (κ1) is 22.8. The molecule has 3 rings (SSSR count). The number of nitro groups is 1. The summed E-state index contributed by atoms with van der Waals surface area (Å²) in [6.45, 7) is 3.29. The van der Waals surface area contributed by atoms with E-state index in [2.05, 4.69) is 5.32 Å². The van der Waals surface area contributed by atoms with E-state index in [-0.39, 0.29) is 35.6 Å². The predicted octanol–water partition coefficient (Wildman–Crippen LogP) is 4.07. The van der Waals surface area contributed by atoms with Gasteiger partial charge in [-0.05, 0) is 26.0 Å². The first-order valence-corrected chi connectivity index (χ1v) is 9.71. The quantitative estimate of drug-likeness (QED) is 0.298. The molecule has 2 aromatic carbocycles. The number of carbonyl (C=O) groups excluding carboxylic acids is 2. The van der Waals surface area contributed by atoms with E-state index in [9.17, 15) is 19.7 Å². The summed E-state index contributed by atoms with van der Waals surface area (Å²) in [4.78, 5) is 35.2. The van der Waals surface area contributed by atoms with Crippen molar-refractivity contribution in [3.05, 3.63) is 63.9 Å². The Morgan fingerprint density at radius 1 is 1.19 bits per heavy atom. The van der Waals surface area contributed by atoms with Crippen molar-refractivity contribution >= 4 is 34.2 Å². The number of esters is 1. The molecule has 1 amide bonds. The maximum Gasteiger partial charge on any atom is 0.375 e. The standard InChI is InChI=1S/C22H22N2O8/c1-13(2)30-11-16-15-6-4-5-7-18(15)32-21(16)22(26)31-12-20(25)23-17-9-8-14(24(27)28)10-19(17)29-3/h4-10,13H,11-12H2,1-3H3,(H,23,25). The van der Waals surface area contributed by atoms with Gasteiger partial charge >= 0.3 is 5.97 Å². The zero-order valence-corrected chi connectivity index (χ0v) is 17.7. The Balaban J connectivity index is 1.70. The summed E-state index contributed by atoms with van der Waals surface area (Å²) >= 11 is 0. The van der Waals surface area contributed by atoms with E-state index in [1.54, 1.807) is 12.1 Å². The second-order valence-corrected chi connectivity index (χ2v) is 7.03. The predicted molar refractivity (Wildman–Crippen MR) is 115 cm³/mol. The maximum absolute atomic E-state index is 12.6. The number of amides is 1. The highest BCUT2D eigenvalue weighted by Gasteiger charge is 2.23. The van der Waals surface area contributed by atoms with Crippen molar-refractivity contribution in [3.63, 3.8) is 0 Å². The molecule has 1 N–H and O–H groups in total. The lowest BCUT2D eigenvalue weighted by molar-refractivity contribution is -0.384. The maximum atomic E-state index is 12.6. The normalized spacial score (nSPS) is 10.9. The number of hydrogen-bond donors (Lipinski definition) is 1. The Bertz CT molecular complexity index is 1150. The molecular weight excluding hydrogens is 420 g/mol. The number of ether oxygens (including phenoxy) is 3.